The van der Waals surface area contributed by atoms with E-state index in [-0.39, 0.29) is 0 Å². The fourth-order valence-corrected chi connectivity index (χ4v) is 4.37. The number of benzene rings is 2. The van der Waals surface area contributed by atoms with Crippen molar-refractivity contribution in [3.8, 4) is 0 Å². The van der Waals surface area contributed by atoms with E-state index in [1.165, 1.54) is 35.6 Å². The number of hydrogen-bond donors (Lipinski definition) is 1. The predicted molar refractivity (Wildman–Crippen MR) is 123 cm³/mol. The van der Waals surface area contributed by atoms with E-state index in [9.17, 15) is 0 Å². The number of morpholine rings is 1. The molecule has 4 aromatic rings. The normalized spacial score (nSPS) is 17.2. The van der Waals surface area contributed by atoms with Gasteiger partial charge in [0.2, 0.25) is 5.95 Å². The first-order valence-corrected chi connectivity index (χ1v) is 11.1. The summed E-state index contributed by atoms with van der Waals surface area (Å²) in [7, 11) is 0. The molecule has 2 aromatic carbocycles. The summed E-state index contributed by atoms with van der Waals surface area (Å²) in [6, 6.07) is 15.6. The molecule has 1 saturated carbocycles. The Morgan fingerprint density at radius 3 is 2.65 bits per heavy atom. The van der Waals surface area contributed by atoms with E-state index in [1.54, 1.807) is 0 Å². The van der Waals surface area contributed by atoms with E-state index in [0.29, 0.717) is 19.3 Å². The van der Waals surface area contributed by atoms with E-state index < -0.39 is 0 Å². The van der Waals surface area contributed by atoms with Gasteiger partial charge in [0.25, 0.3) is 0 Å². The van der Waals surface area contributed by atoms with Crippen LogP contribution in [0.4, 0.5) is 11.8 Å². The number of rotatable bonds is 5. The Hall–Kier alpha value is -3.19. The number of nitrogens with zero attached hydrogens (tertiary/aromatic N) is 5. The van der Waals surface area contributed by atoms with Crippen LogP contribution in [0.3, 0.4) is 0 Å². The Labute approximate surface area is 181 Å². The summed E-state index contributed by atoms with van der Waals surface area (Å²) >= 11 is 0. The second kappa shape index (κ2) is 7.81. The lowest BCUT2D eigenvalue weighted by Crippen LogP contribution is -2.37. The lowest BCUT2D eigenvalue weighted by atomic mass is 9.93. The predicted octanol–water partition coefficient (Wildman–Crippen LogP) is 3.83. The van der Waals surface area contributed by atoms with Crippen molar-refractivity contribution >= 4 is 33.7 Å². The van der Waals surface area contributed by atoms with Gasteiger partial charge in [0, 0.05) is 25.7 Å². The summed E-state index contributed by atoms with van der Waals surface area (Å²) in [6.45, 7) is 3.78. The second-order valence-corrected chi connectivity index (χ2v) is 8.47. The first-order valence-electron chi connectivity index (χ1n) is 11.1. The monoisotopic (exact) mass is 414 g/mol. The fourth-order valence-electron chi connectivity index (χ4n) is 4.37. The van der Waals surface area contributed by atoms with Gasteiger partial charge in [-0.15, -0.1) is 0 Å². The van der Waals surface area contributed by atoms with Crippen molar-refractivity contribution in [2.45, 2.75) is 31.8 Å². The molecule has 0 atom stereocenters. The minimum atomic E-state index is 0.486. The fraction of sp³-hybridized carbons (Fsp3) is 0.375. The third kappa shape index (κ3) is 3.59. The zero-order chi connectivity index (χ0) is 20.6. The number of fused-ring (bicyclic) bond motifs is 2. The number of aromatic nitrogens is 4. The van der Waals surface area contributed by atoms with Gasteiger partial charge in [0.1, 0.15) is 5.52 Å². The van der Waals surface area contributed by atoms with Crippen LogP contribution in [0.15, 0.2) is 48.8 Å². The van der Waals surface area contributed by atoms with Crippen LogP contribution in [0.25, 0.3) is 21.9 Å². The first kappa shape index (κ1) is 18.6. The molecule has 1 saturated heterocycles. The molecule has 2 aromatic heterocycles. The van der Waals surface area contributed by atoms with Crippen LogP contribution in [0, 0.1) is 0 Å². The van der Waals surface area contributed by atoms with Crippen molar-refractivity contribution in [2.24, 2.45) is 0 Å². The van der Waals surface area contributed by atoms with Crippen molar-refractivity contribution in [2.75, 3.05) is 36.5 Å². The minimum absolute atomic E-state index is 0.486. The minimum Gasteiger partial charge on any atom is -0.378 e. The molecule has 2 fully saturated rings. The van der Waals surface area contributed by atoms with E-state index in [1.807, 2.05) is 6.33 Å². The third-order valence-electron chi connectivity index (χ3n) is 6.37. The molecule has 1 aliphatic carbocycles. The van der Waals surface area contributed by atoms with Crippen molar-refractivity contribution in [3.05, 3.63) is 54.4 Å². The average Bonchev–Trinajstić information content (AvgIpc) is 3.19. The maximum absolute atomic E-state index is 5.50. The molecule has 31 heavy (non-hydrogen) atoms. The highest BCUT2D eigenvalue weighted by molar-refractivity contribution is 5.85. The van der Waals surface area contributed by atoms with E-state index in [2.05, 4.69) is 62.2 Å². The van der Waals surface area contributed by atoms with Gasteiger partial charge in [-0.25, -0.2) is 4.98 Å². The number of ether oxygens (including phenoxy) is 1. The maximum Gasteiger partial charge on any atom is 0.229 e. The molecule has 7 heteroatoms. The van der Waals surface area contributed by atoms with E-state index in [0.717, 1.165) is 42.6 Å². The number of hydrogen-bond acceptors (Lipinski definition) is 6. The highest BCUT2D eigenvalue weighted by Gasteiger charge is 2.23. The van der Waals surface area contributed by atoms with E-state index in [4.69, 9.17) is 14.7 Å². The molecule has 3 heterocycles. The van der Waals surface area contributed by atoms with Crippen LogP contribution >= 0.6 is 0 Å². The zero-order valence-electron chi connectivity index (χ0n) is 17.5. The van der Waals surface area contributed by atoms with Gasteiger partial charge < -0.3 is 19.5 Å². The molecule has 158 valence electrons. The summed E-state index contributed by atoms with van der Waals surface area (Å²) < 4.78 is 7.67. The Balaban J connectivity index is 1.39. The summed E-state index contributed by atoms with van der Waals surface area (Å²) in [6.07, 6.45) is 5.55. The van der Waals surface area contributed by atoms with Crippen molar-refractivity contribution < 1.29 is 4.74 Å². The Morgan fingerprint density at radius 1 is 1.00 bits per heavy atom. The van der Waals surface area contributed by atoms with Gasteiger partial charge in [-0.1, -0.05) is 36.4 Å². The van der Waals surface area contributed by atoms with Gasteiger partial charge in [0.15, 0.2) is 11.5 Å². The molecule has 0 spiro atoms. The van der Waals surface area contributed by atoms with Gasteiger partial charge in [0.05, 0.1) is 19.5 Å². The van der Waals surface area contributed by atoms with Crippen LogP contribution in [0.5, 0.6) is 0 Å². The molecule has 7 nitrogen and oxygen atoms in total. The Kier molecular flexibility index (Phi) is 4.68. The van der Waals surface area contributed by atoms with Crippen LogP contribution in [-0.2, 0) is 11.3 Å². The van der Waals surface area contributed by atoms with Gasteiger partial charge >= 0.3 is 0 Å². The lowest BCUT2D eigenvalue weighted by Gasteiger charge is -2.29. The van der Waals surface area contributed by atoms with Crippen LogP contribution in [-0.4, -0.2) is 51.9 Å². The lowest BCUT2D eigenvalue weighted by molar-refractivity contribution is 0.122. The highest BCUT2D eigenvalue weighted by atomic mass is 16.5. The standard InChI is InChI=1S/C24H26N6O/c1-2-5-19-14-17(8-9-18(19)4-1)15-30-16-25-22-21(30)23(26-20-6-3-7-20)28-24(27-22)29-10-12-31-13-11-29/h1-2,4-5,8-9,14,16,20H,3,6-7,10-13,15H2,(H,26,27,28). The summed E-state index contributed by atoms with van der Waals surface area (Å²) in [5, 5.41) is 6.18. The van der Waals surface area contributed by atoms with E-state index >= 15 is 0 Å². The molecular weight excluding hydrogens is 388 g/mol. The SMILES string of the molecule is c1ccc2cc(Cn3cnc4nc(N5CCOCC5)nc(NC5CCC5)c43)ccc2c1. The highest BCUT2D eigenvalue weighted by Crippen LogP contribution is 2.29. The van der Waals surface area contributed by atoms with Crippen molar-refractivity contribution in [3.63, 3.8) is 0 Å². The Bertz CT molecular complexity index is 1230. The topological polar surface area (TPSA) is 68.1 Å². The smallest absolute Gasteiger partial charge is 0.229 e. The van der Waals surface area contributed by atoms with Gasteiger partial charge in [-0.3, -0.25) is 0 Å². The molecule has 1 aliphatic heterocycles. The number of anilines is 2. The van der Waals surface area contributed by atoms with Gasteiger partial charge in [-0.2, -0.15) is 9.97 Å². The molecular formula is C24H26N6O. The molecule has 0 unspecified atom stereocenters. The molecule has 1 N–H and O–H groups in total. The molecule has 6 rings (SSSR count). The number of nitrogens with one attached hydrogen (secondary N) is 1. The first-order chi connectivity index (χ1) is 15.3. The molecule has 0 bridgehead atoms. The average molecular weight is 415 g/mol. The summed E-state index contributed by atoms with van der Waals surface area (Å²) in [5.41, 5.74) is 2.97. The largest absolute Gasteiger partial charge is 0.378 e. The van der Waals surface area contributed by atoms with Gasteiger partial charge in [-0.05, 0) is 41.7 Å². The van der Waals surface area contributed by atoms with Crippen molar-refractivity contribution in [1.82, 2.24) is 19.5 Å². The third-order valence-corrected chi connectivity index (χ3v) is 6.37. The Morgan fingerprint density at radius 2 is 1.84 bits per heavy atom. The van der Waals surface area contributed by atoms with Crippen LogP contribution < -0.4 is 10.2 Å². The summed E-state index contributed by atoms with van der Waals surface area (Å²) in [5.74, 6) is 1.64. The molecule has 0 radical (unpaired) electrons. The number of imidazole rings is 1. The van der Waals surface area contributed by atoms with Crippen LogP contribution in [0.1, 0.15) is 24.8 Å². The zero-order valence-corrected chi connectivity index (χ0v) is 17.5. The van der Waals surface area contributed by atoms with Crippen LogP contribution in [0.2, 0.25) is 0 Å². The maximum atomic E-state index is 5.50. The van der Waals surface area contributed by atoms with Crippen molar-refractivity contribution in [1.29, 1.82) is 0 Å². The second-order valence-electron chi connectivity index (χ2n) is 8.47. The quantitative estimate of drug-likeness (QED) is 0.535. The molecule has 2 aliphatic rings. The summed E-state index contributed by atoms with van der Waals surface area (Å²) in [4.78, 5) is 16.6. The molecule has 0 amide bonds.